The van der Waals surface area contributed by atoms with Gasteiger partial charge in [0.05, 0.1) is 5.69 Å². The minimum Gasteiger partial charge on any atom is -0.273 e. The van der Waals surface area contributed by atoms with Gasteiger partial charge in [0.1, 0.15) is 12.4 Å². The summed E-state index contributed by atoms with van der Waals surface area (Å²) in [5, 5.41) is 7.22. The minimum absolute atomic E-state index is 0.0940. The van der Waals surface area contributed by atoms with Crippen LogP contribution in [0.25, 0.3) is 5.69 Å². The Labute approximate surface area is 119 Å². The standard InChI is InChI=1S/C12H14FN5O3/c1-3-11(19)14-21-7-8-9(13)5-4-6-10(8)18-12(20)17(2)15-16-18/h4-6H,3,7H2,1-2H3,(H,14,19). The van der Waals surface area contributed by atoms with Crippen molar-refractivity contribution in [3.05, 3.63) is 40.1 Å². The van der Waals surface area contributed by atoms with E-state index in [0.29, 0.717) is 0 Å². The third-order valence-electron chi connectivity index (χ3n) is 2.77. The number of hydroxylamine groups is 1. The fourth-order valence-electron chi connectivity index (χ4n) is 1.61. The SMILES string of the molecule is CCC(=O)NOCc1c(F)cccc1-n1nnn(C)c1=O. The largest absolute Gasteiger partial charge is 0.368 e. The predicted molar refractivity (Wildman–Crippen MR) is 69.8 cm³/mol. The molecule has 2 rings (SSSR count). The molecule has 1 N–H and O–H groups in total. The van der Waals surface area contributed by atoms with E-state index >= 15 is 0 Å². The van der Waals surface area contributed by atoms with Crippen molar-refractivity contribution in [1.29, 1.82) is 0 Å². The van der Waals surface area contributed by atoms with Crippen molar-refractivity contribution in [1.82, 2.24) is 25.3 Å². The van der Waals surface area contributed by atoms with Crippen molar-refractivity contribution in [2.75, 3.05) is 0 Å². The van der Waals surface area contributed by atoms with Crippen LogP contribution in [-0.2, 0) is 23.3 Å². The van der Waals surface area contributed by atoms with Crippen LogP contribution in [0.2, 0.25) is 0 Å². The van der Waals surface area contributed by atoms with Crippen molar-refractivity contribution in [2.24, 2.45) is 7.05 Å². The molecule has 1 amide bonds. The van der Waals surface area contributed by atoms with Crippen molar-refractivity contribution >= 4 is 5.91 Å². The normalized spacial score (nSPS) is 10.6. The molecule has 0 atom stereocenters. The first-order valence-corrected chi connectivity index (χ1v) is 6.22. The topological polar surface area (TPSA) is 91.0 Å². The Morgan fingerprint density at radius 3 is 2.81 bits per heavy atom. The molecule has 0 aliphatic heterocycles. The van der Waals surface area contributed by atoms with Crippen LogP contribution in [0.5, 0.6) is 0 Å². The number of halogens is 1. The maximum absolute atomic E-state index is 13.9. The van der Waals surface area contributed by atoms with Gasteiger partial charge in [-0.15, -0.1) is 0 Å². The van der Waals surface area contributed by atoms with Crippen LogP contribution >= 0.6 is 0 Å². The van der Waals surface area contributed by atoms with E-state index in [1.165, 1.54) is 25.2 Å². The first-order valence-electron chi connectivity index (χ1n) is 6.22. The van der Waals surface area contributed by atoms with Gasteiger partial charge in [-0.1, -0.05) is 13.0 Å². The number of rotatable bonds is 5. The molecule has 0 spiro atoms. The lowest BCUT2D eigenvalue weighted by Gasteiger charge is -2.10. The quantitative estimate of drug-likeness (QED) is 0.788. The van der Waals surface area contributed by atoms with Gasteiger partial charge in [-0.25, -0.2) is 14.7 Å². The molecule has 2 aromatic rings. The summed E-state index contributed by atoms with van der Waals surface area (Å²) in [7, 11) is 1.43. The molecule has 0 fully saturated rings. The number of amides is 1. The van der Waals surface area contributed by atoms with Crippen LogP contribution in [0.4, 0.5) is 4.39 Å². The van der Waals surface area contributed by atoms with Gasteiger partial charge in [-0.3, -0.25) is 9.63 Å². The first kappa shape index (κ1) is 14.9. The van der Waals surface area contributed by atoms with E-state index in [2.05, 4.69) is 15.9 Å². The van der Waals surface area contributed by atoms with E-state index < -0.39 is 11.5 Å². The summed E-state index contributed by atoms with van der Waals surface area (Å²) >= 11 is 0. The molecule has 0 bridgehead atoms. The number of carbonyl (C=O) groups excluding carboxylic acids is 1. The number of aromatic nitrogens is 4. The second-order valence-corrected chi connectivity index (χ2v) is 4.20. The van der Waals surface area contributed by atoms with E-state index in [9.17, 15) is 14.0 Å². The molecule has 0 aliphatic carbocycles. The number of tetrazole rings is 1. The lowest BCUT2D eigenvalue weighted by Crippen LogP contribution is -2.25. The first-order chi connectivity index (χ1) is 10.0. The number of benzene rings is 1. The zero-order chi connectivity index (χ0) is 15.4. The smallest absolute Gasteiger partial charge is 0.273 e. The number of nitrogens with zero attached hydrogens (tertiary/aromatic N) is 4. The van der Waals surface area contributed by atoms with Crippen molar-refractivity contribution in [2.45, 2.75) is 20.0 Å². The fraction of sp³-hybridized carbons (Fsp3) is 0.333. The molecular weight excluding hydrogens is 281 g/mol. The van der Waals surface area contributed by atoms with Gasteiger partial charge in [0, 0.05) is 19.0 Å². The molecule has 0 radical (unpaired) electrons. The predicted octanol–water partition coefficient (Wildman–Crippen LogP) is 0.0629. The van der Waals surface area contributed by atoms with Crippen LogP contribution in [0.3, 0.4) is 0 Å². The third-order valence-corrected chi connectivity index (χ3v) is 2.77. The Bertz CT molecular complexity index is 709. The molecule has 9 heteroatoms. The zero-order valence-corrected chi connectivity index (χ0v) is 11.5. The summed E-state index contributed by atoms with van der Waals surface area (Å²) in [5.74, 6) is -0.902. The van der Waals surface area contributed by atoms with Crippen LogP contribution in [0, 0.1) is 5.82 Å². The fourth-order valence-corrected chi connectivity index (χ4v) is 1.61. The molecule has 21 heavy (non-hydrogen) atoms. The molecule has 112 valence electrons. The summed E-state index contributed by atoms with van der Waals surface area (Å²) in [5.41, 5.74) is 1.96. The Kier molecular flexibility index (Phi) is 4.43. The maximum atomic E-state index is 13.9. The summed E-state index contributed by atoms with van der Waals surface area (Å²) in [4.78, 5) is 27.9. The Morgan fingerprint density at radius 2 is 2.19 bits per heavy atom. The van der Waals surface area contributed by atoms with E-state index in [1.54, 1.807) is 6.92 Å². The molecule has 8 nitrogen and oxygen atoms in total. The Hall–Kier alpha value is -2.55. The number of nitrogens with one attached hydrogen (secondary N) is 1. The highest BCUT2D eigenvalue weighted by Gasteiger charge is 2.15. The van der Waals surface area contributed by atoms with Gasteiger partial charge in [0.25, 0.3) is 0 Å². The van der Waals surface area contributed by atoms with Gasteiger partial charge in [-0.05, 0) is 22.6 Å². The highest BCUT2D eigenvalue weighted by atomic mass is 19.1. The number of carbonyl (C=O) groups is 1. The Balaban J connectivity index is 2.30. The zero-order valence-electron chi connectivity index (χ0n) is 11.5. The van der Waals surface area contributed by atoms with Crippen molar-refractivity contribution in [3.8, 4) is 5.69 Å². The minimum atomic E-state index is -0.573. The average molecular weight is 295 g/mol. The third kappa shape index (κ3) is 3.14. The molecular formula is C12H14FN5O3. The summed E-state index contributed by atoms with van der Waals surface area (Å²) in [6.45, 7) is 1.42. The van der Waals surface area contributed by atoms with E-state index in [-0.39, 0.29) is 30.2 Å². The van der Waals surface area contributed by atoms with E-state index in [0.717, 1.165) is 9.36 Å². The molecule has 1 aromatic heterocycles. The van der Waals surface area contributed by atoms with Gasteiger partial charge in [0.2, 0.25) is 5.91 Å². The van der Waals surface area contributed by atoms with Crippen LogP contribution in [0.15, 0.2) is 23.0 Å². The van der Waals surface area contributed by atoms with Gasteiger partial charge >= 0.3 is 5.69 Å². The number of hydrogen-bond acceptors (Lipinski definition) is 5. The second-order valence-electron chi connectivity index (χ2n) is 4.20. The monoisotopic (exact) mass is 295 g/mol. The molecule has 0 saturated heterocycles. The molecule has 0 aliphatic rings. The molecule has 0 saturated carbocycles. The van der Waals surface area contributed by atoms with Crippen LogP contribution in [0.1, 0.15) is 18.9 Å². The lowest BCUT2D eigenvalue weighted by atomic mass is 10.2. The average Bonchev–Trinajstić information content (AvgIpc) is 2.80. The summed E-state index contributed by atoms with van der Waals surface area (Å²) in [6.07, 6.45) is 0.244. The molecule has 0 unspecified atom stereocenters. The van der Waals surface area contributed by atoms with Gasteiger partial charge in [-0.2, -0.15) is 9.36 Å². The summed E-state index contributed by atoms with van der Waals surface area (Å²) in [6, 6.07) is 4.19. The lowest BCUT2D eigenvalue weighted by molar-refractivity contribution is -0.134. The van der Waals surface area contributed by atoms with E-state index in [4.69, 9.17) is 4.84 Å². The van der Waals surface area contributed by atoms with Gasteiger partial charge in [0.15, 0.2) is 0 Å². The van der Waals surface area contributed by atoms with Crippen LogP contribution in [-0.4, -0.2) is 25.7 Å². The summed E-state index contributed by atoms with van der Waals surface area (Å²) < 4.78 is 15.9. The van der Waals surface area contributed by atoms with Crippen molar-refractivity contribution in [3.63, 3.8) is 0 Å². The highest BCUT2D eigenvalue weighted by molar-refractivity contribution is 5.74. The van der Waals surface area contributed by atoms with Gasteiger partial charge < -0.3 is 0 Å². The maximum Gasteiger partial charge on any atom is 0.368 e. The number of aryl methyl sites for hydroxylation is 1. The Morgan fingerprint density at radius 1 is 1.43 bits per heavy atom. The molecule has 1 aromatic carbocycles. The van der Waals surface area contributed by atoms with Crippen LogP contribution < -0.4 is 11.2 Å². The van der Waals surface area contributed by atoms with Crippen molar-refractivity contribution < 1.29 is 14.0 Å². The highest BCUT2D eigenvalue weighted by Crippen LogP contribution is 2.16. The number of hydrogen-bond donors (Lipinski definition) is 1. The second kappa shape index (κ2) is 6.27. The molecule has 1 heterocycles. The van der Waals surface area contributed by atoms with E-state index in [1.807, 2.05) is 0 Å².